The van der Waals surface area contributed by atoms with Gasteiger partial charge in [0.25, 0.3) is 5.91 Å². The number of likely N-dealkylation sites (tertiary alicyclic amines) is 1. The number of hydrogen-bond acceptors (Lipinski definition) is 5. The molecule has 1 fully saturated rings. The fourth-order valence-electron chi connectivity index (χ4n) is 2.44. The molecule has 21 heavy (non-hydrogen) atoms. The first-order valence-electron chi connectivity index (χ1n) is 7.03. The van der Waals surface area contributed by atoms with Gasteiger partial charge >= 0.3 is 0 Å². The number of aromatic nitrogens is 2. The Morgan fingerprint density at radius 1 is 1.48 bits per heavy atom. The molecule has 0 aromatic carbocycles. The van der Waals surface area contributed by atoms with E-state index >= 15 is 0 Å². The number of piperidine rings is 1. The number of carbonyl (C=O) groups is 1. The number of rotatable bonds is 4. The van der Waals surface area contributed by atoms with Gasteiger partial charge in [0.15, 0.2) is 5.69 Å². The normalized spacial score (nSPS) is 18.7. The van der Waals surface area contributed by atoms with E-state index in [4.69, 9.17) is 9.26 Å². The third-order valence-electron chi connectivity index (χ3n) is 3.53. The Bertz CT molecular complexity index is 571. The van der Waals surface area contributed by atoms with E-state index in [9.17, 15) is 4.79 Å². The van der Waals surface area contributed by atoms with Crippen molar-refractivity contribution in [2.45, 2.75) is 25.6 Å². The molecule has 1 atom stereocenters. The second-order valence-corrected chi connectivity index (χ2v) is 5.07. The SMILES string of the molecule is O=C(c1ccon1)N1CCCC(OCc2cccnc2)C1. The summed E-state index contributed by atoms with van der Waals surface area (Å²) in [6.45, 7) is 1.84. The van der Waals surface area contributed by atoms with Crippen LogP contribution in [0.5, 0.6) is 0 Å². The second-order valence-electron chi connectivity index (χ2n) is 5.07. The zero-order valence-corrected chi connectivity index (χ0v) is 11.6. The van der Waals surface area contributed by atoms with E-state index in [0.29, 0.717) is 18.8 Å². The molecule has 0 saturated carbocycles. The van der Waals surface area contributed by atoms with Crippen LogP contribution in [0, 0.1) is 0 Å². The summed E-state index contributed by atoms with van der Waals surface area (Å²) < 4.78 is 10.6. The highest BCUT2D eigenvalue weighted by Crippen LogP contribution is 2.17. The van der Waals surface area contributed by atoms with Crippen LogP contribution in [0.3, 0.4) is 0 Å². The average molecular weight is 287 g/mol. The van der Waals surface area contributed by atoms with Gasteiger partial charge in [-0.15, -0.1) is 0 Å². The summed E-state index contributed by atoms with van der Waals surface area (Å²) in [7, 11) is 0. The topological polar surface area (TPSA) is 68.5 Å². The molecule has 0 bridgehead atoms. The van der Waals surface area contributed by atoms with Gasteiger partial charge in [-0.25, -0.2) is 0 Å². The Labute approximate surface area is 122 Å². The maximum absolute atomic E-state index is 12.2. The number of ether oxygens (including phenoxy) is 1. The molecule has 6 heteroatoms. The van der Waals surface area contributed by atoms with Gasteiger partial charge in [-0.05, 0) is 24.5 Å². The molecule has 1 aliphatic heterocycles. The van der Waals surface area contributed by atoms with E-state index in [0.717, 1.165) is 24.9 Å². The van der Waals surface area contributed by atoms with Crippen LogP contribution in [-0.2, 0) is 11.3 Å². The molecule has 0 spiro atoms. The van der Waals surface area contributed by atoms with Crippen molar-refractivity contribution in [3.63, 3.8) is 0 Å². The Morgan fingerprint density at radius 3 is 3.19 bits per heavy atom. The summed E-state index contributed by atoms with van der Waals surface area (Å²) in [5.41, 5.74) is 1.39. The minimum absolute atomic E-state index is 0.0507. The molecule has 2 aromatic rings. The minimum Gasteiger partial charge on any atom is -0.372 e. The summed E-state index contributed by atoms with van der Waals surface area (Å²) in [5, 5.41) is 3.69. The highest BCUT2D eigenvalue weighted by Gasteiger charge is 2.26. The van der Waals surface area contributed by atoms with Crippen molar-refractivity contribution in [3.8, 4) is 0 Å². The van der Waals surface area contributed by atoms with Gasteiger partial charge in [0.1, 0.15) is 6.26 Å². The highest BCUT2D eigenvalue weighted by molar-refractivity contribution is 5.92. The van der Waals surface area contributed by atoms with Crippen molar-refractivity contribution < 1.29 is 14.1 Å². The third kappa shape index (κ3) is 3.46. The van der Waals surface area contributed by atoms with Gasteiger partial charge in [-0.3, -0.25) is 9.78 Å². The molecular formula is C15H17N3O3. The van der Waals surface area contributed by atoms with E-state index in [1.54, 1.807) is 23.4 Å². The molecule has 3 heterocycles. The summed E-state index contributed by atoms with van der Waals surface area (Å²) >= 11 is 0. The number of carbonyl (C=O) groups excluding carboxylic acids is 1. The van der Waals surface area contributed by atoms with Gasteiger partial charge in [0, 0.05) is 31.5 Å². The molecule has 1 aliphatic rings. The second kappa shape index (κ2) is 6.49. The molecule has 110 valence electrons. The van der Waals surface area contributed by atoms with Crippen LogP contribution < -0.4 is 0 Å². The maximum Gasteiger partial charge on any atom is 0.276 e. The van der Waals surface area contributed by atoms with Crippen molar-refractivity contribution in [2.75, 3.05) is 13.1 Å². The van der Waals surface area contributed by atoms with Crippen LogP contribution in [-0.4, -0.2) is 40.1 Å². The lowest BCUT2D eigenvalue weighted by Crippen LogP contribution is -2.43. The lowest BCUT2D eigenvalue weighted by molar-refractivity contribution is -0.00707. The van der Waals surface area contributed by atoms with E-state index in [-0.39, 0.29) is 12.0 Å². The van der Waals surface area contributed by atoms with Crippen molar-refractivity contribution in [1.82, 2.24) is 15.0 Å². The predicted octanol–water partition coefficient (Wildman–Crippen LogP) is 1.89. The number of pyridine rings is 1. The molecule has 0 N–H and O–H groups in total. The van der Waals surface area contributed by atoms with Crippen LogP contribution >= 0.6 is 0 Å². The fourth-order valence-corrected chi connectivity index (χ4v) is 2.44. The Hall–Kier alpha value is -2.21. The largest absolute Gasteiger partial charge is 0.372 e. The fraction of sp³-hybridized carbons (Fsp3) is 0.400. The molecule has 1 amide bonds. The quantitative estimate of drug-likeness (QED) is 0.859. The van der Waals surface area contributed by atoms with Crippen LogP contribution in [0.15, 0.2) is 41.4 Å². The van der Waals surface area contributed by atoms with Gasteiger partial charge in [0.2, 0.25) is 0 Å². The van der Waals surface area contributed by atoms with Crippen LogP contribution in [0.4, 0.5) is 0 Å². The average Bonchev–Trinajstić information content (AvgIpc) is 3.08. The molecule has 6 nitrogen and oxygen atoms in total. The lowest BCUT2D eigenvalue weighted by Gasteiger charge is -2.32. The Balaban J connectivity index is 1.55. The molecule has 0 radical (unpaired) electrons. The molecule has 1 unspecified atom stereocenters. The van der Waals surface area contributed by atoms with Crippen LogP contribution in [0.1, 0.15) is 28.9 Å². The molecule has 3 rings (SSSR count). The van der Waals surface area contributed by atoms with Crippen LogP contribution in [0.2, 0.25) is 0 Å². The maximum atomic E-state index is 12.2. The van der Waals surface area contributed by atoms with Crippen LogP contribution in [0.25, 0.3) is 0 Å². The first kappa shape index (κ1) is 13.8. The predicted molar refractivity (Wildman–Crippen MR) is 74.5 cm³/mol. The molecule has 2 aromatic heterocycles. The highest BCUT2D eigenvalue weighted by atomic mass is 16.5. The first-order chi connectivity index (χ1) is 10.3. The smallest absolute Gasteiger partial charge is 0.276 e. The van der Waals surface area contributed by atoms with Gasteiger partial charge in [0.05, 0.1) is 12.7 Å². The summed E-state index contributed by atoms with van der Waals surface area (Å²) in [6, 6.07) is 5.45. The lowest BCUT2D eigenvalue weighted by atomic mass is 10.1. The zero-order chi connectivity index (χ0) is 14.5. The Kier molecular flexibility index (Phi) is 4.25. The van der Waals surface area contributed by atoms with E-state index in [1.807, 2.05) is 12.1 Å². The van der Waals surface area contributed by atoms with E-state index < -0.39 is 0 Å². The summed E-state index contributed by atoms with van der Waals surface area (Å²) in [5.74, 6) is -0.0987. The molecule has 0 aliphatic carbocycles. The van der Waals surface area contributed by atoms with Gasteiger partial charge in [-0.1, -0.05) is 11.2 Å². The Morgan fingerprint density at radius 2 is 2.43 bits per heavy atom. The standard InChI is InChI=1S/C15H17N3O3/c19-15(14-5-8-21-17-14)18-7-2-4-13(10-18)20-11-12-3-1-6-16-9-12/h1,3,5-6,8-9,13H,2,4,7,10-11H2. The summed E-state index contributed by atoms with van der Waals surface area (Å²) in [6.07, 6.45) is 6.89. The van der Waals surface area contributed by atoms with Gasteiger partial charge < -0.3 is 14.2 Å². The van der Waals surface area contributed by atoms with Crippen molar-refractivity contribution >= 4 is 5.91 Å². The summed E-state index contributed by atoms with van der Waals surface area (Å²) in [4.78, 5) is 18.1. The van der Waals surface area contributed by atoms with Crippen molar-refractivity contribution in [3.05, 3.63) is 48.1 Å². The minimum atomic E-state index is -0.0987. The van der Waals surface area contributed by atoms with Crippen molar-refractivity contribution in [1.29, 1.82) is 0 Å². The number of hydrogen-bond donors (Lipinski definition) is 0. The zero-order valence-electron chi connectivity index (χ0n) is 11.6. The number of nitrogens with zero attached hydrogens (tertiary/aromatic N) is 3. The first-order valence-corrected chi connectivity index (χ1v) is 7.03. The molecule has 1 saturated heterocycles. The monoisotopic (exact) mass is 287 g/mol. The van der Waals surface area contributed by atoms with E-state index in [1.165, 1.54) is 6.26 Å². The van der Waals surface area contributed by atoms with E-state index in [2.05, 4.69) is 10.1 Å². The third-order valence-corrected chi connectivity index (χ3v) is 3.53. The number of amides is 1. The van der Waals surface area contributed by atoms with Gasteiger partial charge in [-0.2, -0.15) is 0 Å². The molecular weight excluding hydrogens is 270 g/mol. The van der Waals surface area contributed by atoms with Crippen molar-refractivity contribution in [2.24, 2.45) is 0 Å².